The summed E-state index contributed by atoms with van der Waals surface area (Å²) in [6.07, 6.45) is 6.51. The molecular weight excluding hydrogens is 366 g/mol. The number of pyridine rings is 1. The normalized spacial score (nSPS) is 26.3. The van der Waals surface area contributed by atoms with Crippen molar-refractivity contribution < 1.29 is 15.0 Å². The zero-order valence-corrected chi connectivity index (χ0v) is 16.8. The van der Waals surface area contributed by atoms with Crippen LogP contribution in [0.1, 0.15) is 60.0 Å². The number of rotatable bonds is 3. The SMILES string of the molecule is O=C1c2cc(CN3CCC(O)CC3)c3cccnc3c2CN1C1CCCCC1O. The third kappa shape index (κ3) is 3.43. The second-order valence-corrected chi connectivity index (χ2v) is 8.82. The van der Waals surface area contributed by atoms with Gasteiger partial charge in [0.15, 0.2) is 0 Å². The molecule has 29 heavy (non-hydrogen) atoms. The second-order valence-electron chi connectivity index (χ2n) is 8.82. The van der Waals surface area contributed by atoms with Gasteiger partial charge >= 0.3 is 0 Å². The van der Waals surface area contributed by atoms with Crippen LogP contribution in [0.3, 0.4) is 0 Å². The molecular formula is C23H29N3O3. The maximum absolute atomic E-state index is 13.3. The van der Waals surface area contributed by atoms with Crippen LogP contribution >= 0.6 is 0 Å². The molecule has 1 aromatic heterocycles. The van der Waals surface area contributed by atoms with E-state index in [-0.39, 0.29) is 18.1 Å². The monoisotopic (exact) mass is 395 g/mol. The van der Waals surface area contributed by atoms with Crippen LogP contribution in [0.15, 0.2) is 24.4 Å². The smallest absolute Gasteiger partial charge is 0.254 e. The molecule has 0 bridgehead atoms. The van der Waals surface area contributed by atoms with Gasteiger partial charge in [-0.15, -0.1) is 0 Å². The number of likely N-dealkylation sites (tertiary alicyclic amines) is 1. The summed E-state index contributed by atoms with van der Waals surface area (Å²) in [7, 11) is 0. The summed E-state index contributed by atoms with van der Waals surface area (Å²) in [4.78, 5) is 22.2. The van der Waals surface area contributed by atoms with Crippen molar-refractivity contribution in [3.63, 3.8) is 0 Å². The average molecular weight is 396 g/mol. The van der Waals surface area contributed by atoms with E-state index in [1.807, 2.05) is 11.0 Å². The second kappa shape index (κ2) is 7.67. The minimum absolute atomic E-state index is 0.0359. The minimum Gasteiger partial charge on any atom is -0.393 e. The van der Waals surface area contributed by atoms with E-state index < -0.39 is 6.10 Å². The molecule has 2 aromatic rings. The van der Waals surface area contributed by atoms with Crippen molar-refractivity contribution in [1.29, 1.82) is 0 Å². The van der Waals surface area contributed by atoms with Crippen molar-refractivity contribution in [3.8, 4) is 0 Å². The molecule has 1 saturated carbocycles. The first kappa shape index (κ1) is 19.0. The van der Waals surface area contributed by atoms with Crippen molar-refractivity contribution in [1.82, 2.24) is 14.8 Å². The molecule has 2 unspecified atom stereocenters. The number of hydrogen-bond acceptors (Lipinski definition) is 5. The maximum Gasteiger partial charge on any atom is 0.254 e. The number of piperidine rings is 1. The van der Waals surface area contributed by atoms with Gasteiger partial charge in [-0.05, 0) is 43.4 Å². The van der Waals surface area contributed by atoms with Gasteiger partial charge in [0.2, 0.25) is 0 Å². The summed E-state index contributed by atoms with van der Waals surface area (Å²) < 4.78 is 0. The number of nitrogens with zero attached hydrogens (tertiary/aromatic N) is 3. The molecule has 154 valence electrons. The van der Waals surface area contributed by atoms with Crippen LogP contribution in [-0.4, -0.2) is 62.2 Å². The Hall–Kier alpha value is -2.02. The van der Waals surface area contributed by atoms with Crippen LogP contribution in [0, 0.1) is 0 Å². The number of aliphatic hydroxyl groups excluding tert-OH is 2. The lowest BCUT2D eigenvalue weighted by molar-refractivity contribution is 0.0192. The van der Waals surface area contributed by atoms with Gasteiger partial charge in [0.25, 0.3) is 5.91 Å². The predicted molar refractivity (Wildman–Crippen MR) is 110 cm³/mol. The molecule has 2 N–H and O–H groups in total. The Kier molecular flexibility index (Phi) is 5.02. The fourth-order valence-corrected chi connectivity index (χ4v) is 5.29. The van der Waals surface area contributed by atoms with E-state index >= 15 is 0 Å². The van der Waals surface area contributed by atoms with E-state index in [0.29, 0.717) is 6.54 Å². The summed E-state index contributed by atoms with van der Waals surface area (Å²) in [6.45, 7) is 3.05. The summed E-state index contributed by atoms with van der Waals surface area (Å²) >= 11 is 0. The Labute approximate surface area is 171 Å². The first-order chi connectivity index (χ1) is 14.1. The number of aromatic nitrogens is 1. The lowest BCUT2D eigenvalue weighted by atomic mass is 9.91. The van der Waals surface area contributed by atoms with Gasteiger partial charge < -0.3 is 15.1 Å². The zero-order chi connectivity index (χ0) is 20.0. The molecule has 1 amide bonds. The van der Waals surface area contributed by atoms with Crippen molar-refractivity contribution in [2.45, 2.75) is 69.9 Å². The van der Waals surface area contributed by atoms with Crippen LogP contribution in [0.25, 0.3) is 10.9 Å². The number of carbonyl (C=O) groups excluding carboxylic acids is 1. The third-order valence-corrected chi connectivity index (χ3v) is 6.95. The van der Waals surface area contributed by atoms with Gasteiger partial charge in [-0.1, -0.05) is 18.9 Å². The van der Waals surface area contributed by atoms with Crippen molar-refractivity contribution >= 4 is 16.8 Å². The van der Waals surface area contributed by atoms with Crippen LogP contribution in [0.4, 0.5) is 0 Å². The summed E-state index contributed by atoms with van der Waals surface area (Å²) in [5.74, 6) is 0.0359. The van der Waals surface area contributed by atoms with Gasteiger partial charge in [0.1, 0.15) is 0 Å². The number of amides is 1. The highest BCUT2D eigenvalue weighted by Gasteiger charge is 2.38. The summed E-state index contributed by atoms with van der Waals surface area (Å²) in [6, 6.07) is 6.02. The molecule has 2 atom stereocenters. The minimum atomic E-state index is -0.430. The largest absolute Gasteiger partial charge is 0.393 e. The van der Waals surface area contributed by atoms with Gasteiger partial charge in [0, 0.05) is 48.9 Å². The molecule has 0 spiro atoms. The first-order valence-electron chi connectivity index (χ1n) is 10.9. The molecule has 2 fully saturated rings. The molecule has 1 aromatic carbocycles. The standard InChI is InChI=1S/C23H29N3O3/c27-16-7-10-25(11-8-16)13-15-12-18-19(22-17(15)4-3-9-24-22)14-26(23(18)29)20-5-1-2-6-21(20)28/h3-4,9,12,16,20-21,27-28H,1-2,5-8,10-11,13-14H2. The average Bonchev–Trinajstić information content (AvgIpc) is 3.07. The molecule has 6 heteroatoms. The Bertz CT molecular complexity index is 923. The van der Waals surface area contributed by atoms with Gasteiger partial charge in [-0.3, -0.25) is 14.7 Å². The molecule has 0 radical (unpaired) electrons. The third-order valence-electron chi connectivity index (χ3n) is 6.95. The number of fused-ring (bicyclic) bond motifs is 3. The number of aliphatic hydroxyl groups is 2. The van der Waals surface area contributed by atoms with E-state index in [2.05, 4.69) is 22.0 Å². The predicted octanol–water partition coefficient (Wildman–Crippen LogP) is 2.45. The number of hydrogen-bond donors (Lipinski definition) is 2. The van der Waals surface area contributed by atoms with E-state index in [4.69, 9.17) is 0 Å². The quantitative estimate of drug-likeness (QED) is 0.835. The van der Waals surface area contributed by atoms with Gasteiger partial charge in [-0.2, -0.15) is 0 Å². The van der Waals surface area contributed by atoms with Crippen molar-refractivity contribution in [2.24, 2.45) is 0 Å². The van der Waals surface area contributed by atoms with Crippen LogP contribution in [0.5, 0.6) is 0 Å². The van der Waals surface area contributed by atoms with Crippen LogP contribution < -0.4 is 0 Å². The Balaban J connectivity index is 1.49. The molecule has 3 heterocycles. The molecule has 2 aliphatic heterocycles. The fraction of sp³-hybridized carbons (Fsp3) is 0.565. The van der Waals surface area contributed by atoms with Gasteiger partial charge in [0.05, 0.1) is 23.8 Å². The lowest BCUT2D eigenvalue weighted by Crippen LogP contribution is -2.45. The highest BCUT2D eigenvalue weighted by atomic mass is 16.3. The highest BCUT2D eigenvalue weighted by molar-refractivity contribution is 6.04. The highest BCUT2D eigenvalue weighted by Crippen LogP contribution is 2.36. The molecule has 5 rings (SSSR count). The number of benzene rings is 1. The van der Waals surface area contributed by atoms with Crippen LogP contribution in [0.2, 0.25) is 0 Å². The van der Waals surface area contributed by atoms with Crippen LogP contribution in [-0.2, 0) is 13.1 Å². The summed E-state index contributed by atoms with van der Waals surface area (Å²) in [5.41, 5.74) is 3.79. The molecule has 3 aliphatic rings. The van der Waals surface area contributed by atoms with Crippen molar-refractivity contribution in [2.75, 3.05) is 13.1 Å². The van der Waals surface area contributed by atoms with Crippen molar-refractivity contribution in [3.05, 3.63) is 41.1 Å². The van der Waals surface area contributed by atoms with Gasteiger partial charge in [-0.25, -0.2) is 0 Å². The fourth-order valence-electron chi connectivity index (χ4n) is 5.29. The lowest BCUT2D eigenvalue weighted by Gasteiger charge is -2.35. The summed E-state index contributed by atoms with van der Waals surface area (Å²) in [5, 5.41) is 21.4. The Morgan fingerprint density at radius 2 is 1.90 bits per heavy atom. The zero-order valence-electron chi connectivity index (χ0n) is 16.8. The number of carbonyl (C=O) groups is 1. The molecule has 1 saturated heterocycles. The maximum atomic E-state index is 13.3. The topological polar surface area (TPSA) is 76.9 Å². The van der Waals surface area contributed by atoms with E-state index in [1.165, 1.54) is 0 Å². The first-order valence-corrected chi connectivity index (χ1v) is 10.9. The van der Waals surface area contributed by atoms with E-state index in [1.54, 1.807) is 6.20 Å². The van der Waals surface area contributed by atoms with E-state index in [9.17, 15) is 15.0 Å². The van der Waals surface area contributed by atoms with E-state index in [0.717, 1.165) is 85.8 Å². The Morgan fingerprint density at radius 1 is 1.10 bits per heavy atom. The molecule has 6 nitrogen and oxygen atoms in total. The molecule has 1 aliphatic carbocycles. The Morgan fingerprint density at radius 3 is 2.69 bits per heavy atom.